The smallest absolute Gasteiger partial charge is 0.329 e. The van der Waals surface area contributed by atoms with Gasteiger partial charge in [0.15, 0.2) is 0 Å². The average molecular weight is 595 g/mol. The first-order valence-electron chi connectivity index (χ1n) is 12.8. The molecular weight excluding hydrogens is 546 g/mol. The number of quaternary nitrogens is 1. The number of likely N-dealkylation sites (N-methyl/N-ethyl adjacent to an activating group) is 1. The molecule has 192 valence electrons. The lowest BCUT2D eigenvalue weighted by atomic mass is 10.0. The first-order valence-corrected chi connectivity index (χ1v) is 15.4. The Morgan fingerprint density at radius 2 is 1.15 bits per heavy atom. The van der Waals surface area contributed by atoms with Gasteiger partial charge < -0.3 is 9.38 Å². The van der Waals surface area contributed by atoms with E-state index < -0.39 is 7.82 Å². The van der Waals surface area contributed by atoms with E-state index in [-0.39, 0.29) is 6.61 Å². The van der Waals surface area contributed by atoms with Crippen molar-refractivity contribution in [1.82, 2.24) is 0 Å². The van der Waals surface area contributed by atoms with Gasteiger partial charge in [0, 0.05) is 3.57 Å². The molecule has 0 bridgehead atoms. The zero-order chi connectivity index (χ0) is 24.4. The minimum Gasteiger partial charge on any atom is -0.329 e. The zero-order valence-electron chi connectivity index (χ0n) is 21.3. The van der Waals surface area contributed by atoms with Crippen molar-refractivity contribution in [2.24, 2.45) is 0 Å². The number of hydrogen-bond donors (Lipinski definition) is 1. The van der Waals surface area contributed by atoms with Gasteiger partial charge in [0.05, 0.1) is 27.7 Å². The second kappa shape index (κ2) is 18.3. The van der Waals surface area contributed by atoms with Crippen LogP contribution in [0.15, 0.2) is 24.3 Å². The zero-order valence-corrected chi connectivity index (χ0v) is 24.3. The van der Waals surface area contributed by atoms with Crippen molar-refractivity contribution in [2.45, 2.75) is 89.9 Å². The van der Waals surface area contributed by atoms with E-state index in [0.29, 0.717) is 17.6 Å². The van der Waals surface area contributed by atoms with Crippen LogP contribution in [0, 0.1) is 3.57 Å². The fourth-order valence-electron chi connectivity index (χ4n) is 3.67. The van der Waals surface area contributed by atoms with Gasteiger partial charge in [-0.3, -0.25) is 9.05 Å². The van der Waals surface area contributed by atoms with E-state index in [0.717, 1.165) is 12.8 Å². The lowest BCUT2D eigenvalue weighted by Crippen LogP contribution is -2.37. The molecule has 0 spiro atoms. The molecule has 1 unspecified atom stereocenters. The molecule has 0 radical (unpaired) electrons. The van der Waals surface area contributed by atoms with Crippen LogP contribution in [0.4, 0.5) is 0 Å². The van der Waals surface area contributed by atoms with Gasteiger partial charge in [0.2, 0.25) is 0 Å². The normalized spacial score (nSPS) is 13.8. The van der Waals surface area contributed by atoms with Gasteiger partial charge in [-0.05, 0) is 59.5 Å². The molecule has 0 saturated heterocycles. The van der Waals surface area contributed by atoms with Gasteiger partial charge in [-0.2, -0.15) is 0 Å². The van der Waals surface area contributed by atoms with E-state index in [1.807, 2.05) is 21.1 Å². The number of aryl methyl sites for hydroxylation is 1. The van der Waals surface area contributed by atoms with Gasteiger partial charge in [-0.15, -0.1) is 0 Å². The topological polar surface area (TPSA) is 55.8 Å². The number of hydrogen-bond acceptors (Lipinski definition) is 3. The van der Waals surface area contributed by atoms with Crippen LogP contribution in [0.25, 0.3) is 0 Å². The number of unbranched alkanes of at least 4 members (excludes halogenated alkanes) is 12. The Bertz CT molecular complexity index is 649. The van der Waals surface area contributed by atoms with Gasteiger partial charge in [0.25, 0.3) is 0 Å². The Morgan fingerprint density at radius 3 is 1.64 bits per heavy atom. The predicted molar refractivity (Wildman–Crippen MR) is 148 cm³/mol. The lowest BCUT2D eigenvalue weighted by Gasteiger charge is -2.24. The minimum absolute atomic E-state index is 0.227. The highest BCUT2D eigenvalue weighted by Gasteiger charge is 2.21. The molecule has 0 aromatic heterocycles. The number of nitrogens with zero attached hydrogens (tertiary/aromatic N) is 1. The summed E-state index contributed by atoms with van der Waals surface area (Å²) in [6.45, 7) is 1.19. The van der Waals surface area contributed by atoms with Gasteiger partial charge in [0.1, 0.15) is 13.2 Å². The molecule has 1 aromatic carbocycles. The summed E-state index contributed by atoms with van der Waals surface area (Å²) >= 11 is 2.36. The summed E-state index contributed by atoms with van der Waals surface area (Å²) < 4.78 is 23.9. The molecule has 5 nitrogen and oxygen atoms in total. The van der Waals surface area contributed by atoms with Crippen LogP contribution in [-0.2, 0) is 20.0 Å². The summed E-state index contributed by atoms with van der Waals surface area (Å²) in [7, 11) is 2.16. The van der Waals surface area contributed by atoms with Crippen LogP contribution in [0.5, 0.6) is 0 Å². The maximum atomic E-state index is 11.8. The highest BCUT2D eigenvalue weighted by atomic mass is 125. The minimum atomic E-state index is -3.89. The largest absolute Gasteiger partial charge is 0.472 e. The molecule has 0 aliphatic heterocycles. The van der Waals surface area contributed by atoms with Crippen molar-refractivity contribution in [3.05, 3.63) is 33.4 Å². The molecule has 0 aliphatic carbocycles. The Kier molecular flexibility index (Phi) is 17.2. The Hall–Kier alpha value is 0.0200. The molecular formula is C26H48INO4P+. The Morgan fingerprint density at radius 1 is 0.727 bits per heavy atom. The maximum Gasteiger partial charge on any atom is 0.472 e. The van der Waals surface area contributed by atoms with Crippen LogP contribution < -0.4 is 0 Å². The second-order valence-corrected chi connectivity index (χ2v) is 12.8. The van der Waals surface area contributed by atoms with E-state index in [1.54, 1.807) is 0 Å². The fraction of sp³-hybridized carbons (Fsp3) is 0.769. The SMILES string of the molecule is C[N+](C)(C)CCOP(=O)(O)OCCCCCCCCCCCCCCCc1ccc([125I])cc1. The molecule has 0 heterocycles. The summed E-state index contributed by atoms with van der Waals surface area (Å²) in [6.07, 6.45) is 17.6. The third-order valence-corrected chi connectivity index (χ3v) is 7.53. The molecule has 0 fully saturated rings. The molecule has 0 amide bonds. The van der Waals surface area contributed by atoms with E-state index in [4.69, 9.17) is 9.05 Å². The highest BCUT2D eigenvalue weighted by molar-refractivity contribution is 14.1. The molecule has 0 aliphatic rings. The molecule has 33 heavy (non-hydrogen) atoms. The number of phosphoric ester groups is 1. The van der Waals surface area contributed by atoms with Gasteiger partial charge in [-0.1, -0.05) is 82.8 Å². The van der Waals surface area contributed by atoms with Crippen molar-refractivity contribution in [3.8, 4) is 0 Å². The molecule has 0 saturated carbocycles. The van der Waals surface area contributed by atoms with Crippen LogP contribution in [0.3, 0.4) is 0 Å². The summed E-state index contributed by atoms with van der Waals surface area (Å²) in [5.41, 5.74) is 1.47. The monoisotopic (exact) mass is 594 g/mol. The third-order valence-electron chi connectivity index (χ3n) is 5.79. The predicted octanol–water partition coefficient (Wildman–Crippen LogP) is 7.74. The van der Waals surface area contributed by atoms with Gasteiger partial charge in [-0.25, -0.2) is 4.57 Å². The highest BCUT2D eigenvalue weighted by Crippen LogP contribution is 2.43. The van der Waals surface area contributed by atoms with Crippen molar-refractivity contribution in [2.75, 3.05) is 40.9 Å². The quantitative estimate of drug-likeness (QED) is 0.0685. The number of rotatable bonds is 21. The first-order chi connectivity index (χ1) is 15.7. The lowest BCUT2D eigenvalue weighted by molar-refractivity contribution is -0.870. The summed E-state index contributed by atoms with van der Waals surface area (Å²) in [5.74, 6) is 0. The number of halogens is 1. The van der Waals surface area contributed by atoms with Crippen molar-refractivity contribution in [1.29, 1.82) is 0 Å². The molecule has 1 N–H and O–H groups in total. The molecule has 1 aromatic rings. The van der Waals surface area contributed by atoms with Gasteiger partial charge >= 0.3 is 7.82 Å². The molecule has 7 heteroatoms. The first kappa shape index (κ1) is 31.1. The fourth-order valence-corrected chi connectivity index (χ4v) is 4.78. The maximum absolute atomic E-state index is 11.8. The van der Waals surface area contributed by atoms with E-state index in [1.165, 1.54) is 86.2 Å². The molecule has 1 atom stereocenters. The number of benzene rings is 1. The summed E-state index contributed by atoms with van der Waals surface area (Å²) in [5, 5.41) is 0. The second-order valence-electron chi connectivity index (χ2n) is 10.1. The summed E-state index contributed by atoms with van der Waals surface area (Å²) in [6, 6.07) is 8.91. The van der Waals surface area contributed by atoms with Crippen LogP contribution in [0.1, 0.15) is 89.0 Å². The Labute approximate surface area is 217 Å². The van der Waals surface area contributed by atoms with E-state index in [2.05, 4.69) is 46.9 Å². The van der Waals surface area contributed by atoms with Crippen molar-refractivity contribution < 1.29 is 23.0 Å². The van der Waals surface area contributed by atoms with E-state index >= 15 is 0 Å². The number of phosphoric acid groups is 1. The van der Waals surface area contributed by atoms with Crippen LogP contribution in [-0.4, -0.2) is 50.3 Å². The van der Waals surface area contributed by atoms with Crippen molar-refractivity contribution >= 4 is 30.4 Å². The van der Waals surface area contributed by atoms with Crippen LogP contribution >= 0.6 is 30.4 Å². The standard InChI is InChI=1S/C26H47INO4P/c1-28(2,3)22-24-32-33(29,30)31-23-16-14-12-10-8-6-4-5-7-9-11-13-15-17-25-18-20-26(27)21-19-25/h18-21H,4-17,22-24H2,1-3H3/p+1/i27-2. The van der Waals surface area contributed by atoms with Crippen molar-refractivity contribution in [3.63, 3.8) is 0 Å². The van der Waals surface area contributed by atoms with Crippen LogP contribution in [0.2, 0.25) is 0 Å². The molecule has 1 rings (SSSR count). The van der Waals surface area contributed by atoms with E-state index in [9.17, 15) is 9.46 Å². The average Bonchev–Trinajstić information content (AvgIpc) is 2.73. The Balaban J connectivity index is 1.80. The third kappa shape index (κ3) is 20.0. The summed E-state index contributed by atoms with van der Waals surface area (Å²) in [4.78, 5) is 9.67.